The number of fused-ring (bicyclic) bond motifs is 2. The van der Waals surface area contributed by atoms with E-state index < -0.39 is 5.34 Å². The van der Waals surface area contributed by atoms with E-state index in [0.29, 0.717) is 19.8 Å². The molecule has 0 fully saturated rings. The monoisotopic (exact) mass is 292 g/mol. The molecule has 110 valence electrons. The van der Waals surface area contributed by atoms with Gasteiger partial charge in [-0.3, -0.25) is 0 Å². The van der Waals surface area contributed by atoms with Gasteiger partial charge in [-0.05, 0) is 22.1 Å². The quantitative estimate of drug-likeness (QED) is 0.754. The number of hydrogen-bond donors (Lipinski definition) is 2. The van der Waals surface area contributed by atoms with Crippen LogP contribution in [0, 0.1) is 0 Å². The zero-order chi connectivity index (χ0) is 15.2. The minimum Gasteiger partial charge on any atom is -0.426 e. The van der Waals surface area contributed by atoms with Crippen molar-refractivity contribution in [3.05, 3.63) is 59.7 Å². The molecule has 0 bridgehead atoms. The summed E-state index contributed by atoms with van der Waals surface area (Å²) in [5.41, 5.74) is 17.5. The third kappa shape index (κ3) is 1.96. The molecule has 2 heterocycles. The molecule has 2 aliphatic rings. The van der Waals surface area contributed by atoms with E-state index in [1.165, 1.54) is 11.1 Å². The maximum atomic E-state index is 6.76. The lowest BCUT2D eigenvalue weighted by atomic mass is 9.27. The molecular formula is C16H18B2N2O2. The summed E-state index contributed by atoms with van der Waals surface area (Å²) in [4.78, 5) is 0. The standard InChI is InChI=1S/C16H18B2N2O2/c19-11-16(20,17-14-7-3-1-5-12(14)9-21-17)18-15-8-4-2-6-13(15)10-22-18/h1-8H,9-11,19-20H2. The van der Waals surface area contributed by atoms with Crippen molar-refractivity contribution in [2.24, 2.45) is 11.5 Å². The largest absolute Gasteiger partial charge is 0.426 e. The first kappa shape index (κ1) is 14.0. The fraction of sp³-hybridized carbons (Fsp3) is 0.250. The Labute approximate surface area is 131 Å². The second kappa shape index (κ2) is 5.25. The first-order valence-electron chi connectivity index (χ1n) is 7.62. The summed E-state index contributed by atoms with van der Waals surface area (Å²) < 4.78 is 12.0. The van der Waals surface area contributed by atoms with Gasteiger partial charge in [0.25, 0.3) is 0 Å². The van der Waals surface area contributed by atoms with Crippen LogP contribution in [0.4, 0.5) is 0 Å². The van der Waals surface area contributed by atoms with E-state index in [1.54, 1.807) is 0 Å². The van der Waals surface area contributed by atoms with E-state index in [0.717, 1.165) is 10.9 Å². The van der Waals surface area contributed by atoms with Crippen molar-refractivity contribution in [3.63, 3.8) is 0 Å². The summed E-state index contributed by atoms with van der Waals surface area (Å²) in [6, 6.07) is 16.4. The average Bonchev–Trinajstić information content (AvgIpc) is 3.19. The Balaban J connectivity index is 1.76. The van der Waals surface area contributed by atoms with Gasteiger partial charge in [0, 0.05) is 11.9 Å². The predicted molar refractivity (Wildman–Crippen MR) is 89.2 cm³/mol. The van der Waals surface area contributed by atoms with Crippen molar-refractivity contribution in [2.45, 2.75) is 18.6 Å². The lowest BCUT2D eigenvalue weighted by Crippen LogP contribution is -2.74. The summed E-state index contributed by atoms with van der Waals surface area (Å²) in [6.45, 7) is 0.961. The van der Waals surface area contributed by atoms with Gasteiger partial charge in [0.2, 0.25) is 0 Å². The lowest BCUT2D eigenvalue weighted by Gasteiger charge is -2.34. The normalized spacial score (nSPS) is 16.8. The fourth-order valence-electron chi connectivity index (χ4n) is 3.61. The minimum absolute atomic E-state index is 0.246. The highest BCUT2D eigenvalue weighted by Crippen LogP contribution is 2.24. The Morgan fingerprint density at radius 1 is 0.864 bits per heavy atom. The third-order valence-corrected chi connectivity index (χ3v) is 4.82. The Bertz CT molecular complexity index is 655. The molecule has 2 aromatic rings. The van der Waals surface area contributed by atoms with Crippen molar-refractivity contribution < 1.29 is 9.31 Å². The molecule has 6 heteroatoms. The summed E-state index contributed by atoms with van der Waals surface area (Å²) in [7, 11) is 0. The molecule has 0 amide bonds. The van der Waals surface area contributed by atoms with E-state index >= 15 is 0 Å². The van der Waals surface area contributed by atoms with Crippen LogP contribution in [-0.4, -0.2) is 25.7 Å². The van der Waals surface area contributed by atoms with Crippen LogP contribution >= 0.6 is 0 Å². The van der Waals surface area contributed by atoms with E-state index in [9.17, 15) is 0 Å². The molecule has 0 unspecified atom stereocenters. The van der Waals surface area contributed by atoms with Crippen molar-refractivity contribution in [3.8, 4) is 0 Å². The summed E-state index contributed by atoms with van der Waals surface area (Å²) in [5.74, 6) is 0. The lowest BCUT2D eigenvalue weighted by molar-refractivity contribution is 0.296. The van der Waals surface area contributed by atoms with Gasteiger partial charge in [-0.25, -0.2) is 0 Å². The highest BCUT2D eigenvalue weighted by molar-refractivity contribution is 6.90. The molecular weight excluding hydrogens is 274 g/mol. The molecule has 2 aromatic carbocycles. The van der Waals surface area contributed by atoms with Crippen LogP contribution in [0.15, 0.2) is 48.5 Å². The topological polar surface area (TPSA) is 70.5 Å². The molecule has 0 saturated heterocycles. The highest BCUT2D eigenvalue weighted by atomic mass is 16.5. The van der Waals surface area contributed by atoms with Crippen LogP contribution in [0.5, 0.6) is 0 Å². The van der Waals surface area contributed by atoms with E-state index in [4.69, 9.17) is 20.8 Å². The summed E-state index contributed by atoms with van der Waals surface area (Å²) in [5, 5.41) is -0.779. The molecule has 0 atom stereocenters. The van der Waals surface area contributed by atoms with Gasteiger partial charge in [0.1, 0.15) is 0 Å². The zero-order valence-corrected chi connectivity index (χ0v) is 12.4. The molecule has 2 aliphatic heterocycles. The van der Waals surface area contributed by atoms with Crippen LogP contribution in [0.2, 0.25) is 0 Å². The Kier molecular flexibility index (Phi) is 3.35. The van der Waals surface area contributed by atoms with Crippen LogP contribution < -0.4 is 22.4 Å². The van der Waals surface area contributed by atoms with Crippen molar-refractivity contribution in [2.75, 3.05) is 6.54 Å². The SMILES string of the molecule is NCC(N)(B1OCc2ccccc21)B1OCc2ccccc21. The van der Waals surface area contributed by atoms with Crippen LogP contribution in [0.1, 0.15) is 11.1 Å². The van der Waals surface area contributed by atoms with E-state index in [2.05, 4.69) is 24.3 Å². The van der Waals surface area contributed by atoms with Crippen LogP contribution in [0.25, 0.3) is 0 Å². The van der Waals surface area contributed by atoms with Gasteiger partial charge in [-0.1, -0.05) is 48.5 Å². The maximum Gasteiger partial charge on any atom is 0.344 e. The molecule has 0 aliphatic carbocycles. The van der Waals surface area contributed by atoms with E-state index in [-0.39, 0.29) is 13.8 Å². The smallest absolute Gasteiger partial charge is 0.344 e. The van der Waals surface area contributed by atoms with Crippen molar-refractivity contribution in [1.29, 1.82) is 0 Å². The van der Waals surface area contributed by atoms with Gasteiger partial charge in [0.15, 0.2) is 0 Å². The summed E-state index contributed by atoms with van der Waals surface area (Å²) in [6.07, 6.45) is 0. The van der Waals surface area contributed by atoms with Gasteiger partial charge < -0.3 is 20.8 Å². The van der Waals surface area contributed by atoms with E-state index in [1.807, 2.05) is 24.3 Å². The number of rotatable bonds is 3. The van der Waals surface area contributed by atoms with Gasteiger partial charge in [-0.15, -0.1) is 0 Å². The number of benzene rings is 2. The molecule has 4 rings (SSSR count). The van der Waals surface area contributed by atoms with Gasteiger partial charge in [0.05, 0.1) is 13.2 Å². The average molecular weight is 292 g/mol. The maximum absolute atomic E-state index is 6.76. The second-order valence-electron chi connectivity index (χ2n) is 6.10. The molecule has 0 radical (unpaired) electrons. The van der Waals surface area contributed by atoms with Crippen LogP contribution in [-0.2, 0) is 22.5 Å². The molecule has 0 spiro atoms. The number of hydrogen-bond acceptors (Lipinski definition) is 4. The molecule has 22 heavy (non-hydrogen) atoms. The first-order valence-corrected chi connectivity index (χ1v) is 7.62. The Morgan fingerprint density at radius 2 is 1.32 bits per heavy atom. The molecule has 0 aromatic heterocycles. The van der Waals surface area contributed by atoms with Crippen LogP contribution in [0.3, 0.4) is 0 Å². The number of nitrogens with two attached hydrogens (primary N) is 2. The Hall–Kier alpha value is -1.59. The van der Waals surface area contributed by atoms with Gasteiger partial charge >= 0.3 is 13.8 Å². The molecule has 4 N–H and O–H groups in total. The zero-order valence-electron chi connectivity index (χ0n) is 12.4. The molecule has 0 saturated carbocycles. The van der Waals surface area contributed by atoms with Crippen molar-refractivity contribution in [1.82, 2.24) is 0 Å². The molecule has 4 nitrogen and oxygen atoms in total. The first-order chi connectivity index (χ1) is 10.7. The third-order valence-electron chi connectivity index (χ3n) is 4.82. The van der Waals surface area contributed by atoms with Gasteiger partial charge in [-0.2, -0.15) is 0 Å². The second-order valence-corrected chi connectivity index (χ2v) is 6.10. The minimum atomic E-state index is -0.779. The summed E-state index contributed by atoms with van der Waals surface area (Å²) >= 11 is 0. The Morgan fingerprint density at radius 3 is 1.77 bits per heavy atom. The fourth-order valence-corrected chi connectivity index (χ4v) is 3.61. The van der Waals surface area contributed by atoms with Crippen molar-refractivity contribution >= 4 is 24.8 Å². The highest BCUT2D eigenvalue weighted by Gasteiger charge is 2.55. The predicted octanol–water partition coefficient (Wildman–Crippen LogP) is -0.421.